The van der Waals surface area contributed by atoms with Gasteiger partial charge in [-0.3, -0.25) is 0 Å². The Morgan fingerprint density at radius 2 is 2.00 bits per heavy atom. The van der Waals surface area contributed by atoms with Crippen LogP contribution in [-0.2, 0) is 16.3 Å². The molecular weight excluding hydrogens is 268 g/mol. The molecule has 0 fully saturated rings. The summed E-state index contributed by atoms with van der Waals surface area (Å²) < 4.78 is 24.0. The molecule has 1 unspecified atom stereocenters. The predicted molar refractivity (Wildman–Crippen MR) is 71.1 cm³/mol. The molecule has 1 rings (SSSR count). The van der Waals surface area contributed by atoms with Crippen molar-refractivity contribution in [2.24, 2.45) is 0 Å². The van der Waals surface area contributed by atoms with E-state index in [9.17, 15) is 13.2 Å². The van der Waals surface area contributed by atoms with E-state index < -0.39 is 21.9 Å². The van der Waals surface area contributed by atoms with Gasteiger partial charge in [0.1, 0.15) is 0 Å². The van der Waals surface area contributed by atoms with Crippen LogP contribution in [0.1, 0.15) is 36.2 Å². The van der Waals surface area contributed by atoms with Gasteiger partial charge in [-0.15, -0.1) is 0 Å². The third-order valence-electron chi connectivity index (χ3n) is 2.86. The summed E-state index contributed by atoms with van der Waals surface area (Å²) in [6.07, 6.45) is -0.0563. The van der Waals surface area contributed by atoms with Crippen molar-refractivity contribution < 1.29 is 23.4 Å². The normalized spacial score (nSPS) is 13.2. The van der Waals surface area contributed by atoms with Crippen LogP contribution in [0, 0.1) is 0 Å². The zero-order valence-electron chi connectivity index (χ0n) is 11.0. The lowest BCUT2D eigenvalue weighted by atomic mass is 10.1. The maximum Gasteiger partial charge on any atom is 0.336 e. The molecule has 1 atom stereocenters. The molecule has 0 amide bonds. The van der Waals surface area contributed by atoms with E-state index in [-0.39, 0.29) is 22.6 Å². The molecule has 0 saturated carbocycles. The molecular formula is C13H18O5S. The largest absolute Gasteiger partial charge is 0.478 e. The van der Waals surface area contributed by atoms with Gasteiger partial charge in [0, 0.05) is 0 Å². The third-order valence-corrected chi connectivity index (χ3v) is 4.60. The molecule has 0 bridgehead atoms. The Hall–Kier alpha value is -1.40. The van der Waals surface area contributed by atoms with E-state index in [0.29, 0.717) is 12.0 Å². The maximum atomic E-state index is 12.0. The molecule has 0 aliphatic rings. The first-order valence-electron chi connectivity index (χ1n) is 6.05. The number of hydrogen-bond donors (Lipinski definition) is 2. The number of carboxylic acid groups (broad SMARTS) is 1. The first-order chi connectivity index (χ1) is 8.77. The average Bonchev–Trinajstić information content (AvgIpc) is 2.35. The van der Waals surface area contributed by atoms with Crippen molar-refractivity contribution in [1.29, 1.82) is 0 Å². The minimum absolute atomic E-state index is 0.0113. The van der Waals surface area contributed by atoms with Crippen molar-refractivity contribution in [2.75, 3.05) is 5.75 Å². The number of aliphatic hydroxyl groups excluding tert-OH is 1. The smallest absolute Gasteiger partial charge is 0.336 e. The molecule has 0 heterocycles. The van der Waals surface area contributed by atoms with Gasteiger partial charge < -0.3 is 10.2 Å². The number of sulfone groups is 1. The van der Waals surface area contributed by atoms with Gasteiger partial charge >= 0.3 is 5.97 Å². The summed E-state index contributed by atoms with van der Waals surface area (Å²) in [6.45, 7) is 3.32. The van der Waals surface area contributed by atoms with E-state index in [2.05, 4.69) is 0 Å². The Balaban J connectivity index is 3.14. The Morgan fingerprint density at radius 3 is 2.47 bits per heavy atom. The zero-order chi connectivity index (χ0) is 14.6. The van der Waals surface area contributed by atoms with E-state index in [1.807, 2.05) is 6.92 Å². The molecule has 1 aromatic rings. The van der Waals surface area contributed by atoms with Crippen molar-refractivity contribution >= 4 is 15.8 Å². The van der Waals surface area contributed by atoms with E-state index in [4.69, 9.17) is 10.2 Å². The molecule has 0 radical (unpaired) electrons. The van der Waals surface area contributed by atoms with Crippen LogP contribution in [-0.4, -0.2) is 36.5 Å². The highest BCUT2D eigenvalue weighted by atomic mass is 32.2. The number of benzene rings is 1. The van der Waals surface area contributed by atoms with E-state index in [0.717, 1.165) is 0 Å². The number of aryl methyl sites for hydroxylation is 1. The van der Waals surface area contributed by atoms with Gasteiger partial charge in [-0.2, -0.15) is 0 Å². The van der Waals surface area contributed by atoms with Crippen molar-refractivity contribution in [3.8, 4) is 0 Å². The second kappa shape index (κ2) is 6.16. The first kappa shape index (κ1) is 15.7. The van der Waals surface area contributed by atoms with Crippen LogP contribution >= 0.6 is 0 Å². The van der Waals surface area contributed by atoms with Crippen LogP contribution in [0.15, 0.2) is 23.1 Å². The predicted octanol–water partition coefficient (Wildman–Crippen LogP) is 1.49. The standard InChI is InChI=1S/C13H18O5S/c1-3-10-4-5-11(8-12(10)13(15)16)19(17,18)7-6-9(2)14/h4-5,8-9,14H,3,6-7H2,1-2H3,(H,15,16). The molecule has 106 valence electrons. The van der Waals surface area contributed by atoms with Crippen molar-refractivity contribution in [1.82, 2.24) is 0 Å². The fourth-order valence-electron chi connectivity index (χ4n) is 1.70. The summed E-state index contributed by atoms with van der Waals surface area (Å²) >= 11 is 0. The van der Waals surface area contributed by atoms with Gasteiger partial charge in [-0.05, 0) is 37.5 Å². The van der Waals surface area contributed by atoms with Crippen LogP contribution in [0.4, 0.5) is 0 Å². The SMILES string of the molecule is CCc1ccc(S(=O)(=O)CCC(C)O)cc1C(=O)O. The molecule has 2 N–H and O–H groups in total. The van der Waals surface area contributed by atoms with E-state index in [1.54, 1.807) is 0 Å². The summed E-state index contributed by atoms with van der Waals surface area (Å²) in [5.41, 5.74) is 0.614. The highest BCUT2D eigenvalue weighted by Crippen LogP contribution is 2.19. The molecule has 0 aliphatic carbocycles. The lowest BCUT2D eigenvalue weighted by molar-refractivity contribution is 0.0695. The van der Waals surface area contributed by atoms with Crippen molar-refractivity contribution in [3.05, 3.63) is 29.3 Å². The highest BCUT2D eigenvalue weighted by molar-refractivity contribution is 7.91. The summed E-state index contributed by atoms with van der Waals surface area (Å²) in [4.78, 5) is 11.1. The topological polar surface area (TPSA) is 91.7 Å². The Morgan fingerprint density at radius 1 is 1.37 bits per heavy atom. The number of hydrogen-bond acceptors (Lipinski definition) is 4. The molecule has 19 heavy (non-hydrogen) atoms. The van der Waals surface area contributed by atoms with Crippen LogP contribution in [0.5, 0.6) is 0 Å². The van der Waals surface area contributed by atoms with Gasteiger partial charge in [-0.25, -0.2) is 13.2 Å². The monoisotopic (exact) mass is 286 g/mol. The Kier molecular flexibility index (Phi) is 5.08. The molecule has 1 aromatic carbocycles. The van der Waals surface area contributed by atoms with Gasteiger partial charge in [0.25, 0.3) is 0 Å². The quantitative estimate of drug-likeness (QED) is 0.826. The summed E-state index contributed by atoms with van der Waals surface area (Å²) in [5.74, 6) is -1.33. The van der Waals surface area contributed by atoms with Crippen LogP contribution in [0.25, 0.3) is 0 Å². The van der Waals surface area contributed by atoms with Crippen LogP contribution in [0.2, 0.25) is 0 Å². The number of aromatic carboxylic acids is 1. The maximum absolute atomic E-state index is 12.0. The zero-order valence-corrected chi connectivity index (χ0v) is 11.8. The summed E-state index contributed by atoms with van der Waals surface area (Å²) in [6, 6.07) is 4.14. The number of rotatable bonds is 6. The molecule has 0 aromatic heterocycles. The Bertz CT molecular complexity index is 560. The lowest BCUT2D eigenvalue weighted by Crippen LogP contribution is -2.13. The van der Waals surface area contributed by atoms with E-state index in [1.165, 1.54) is 25.1 Å². The number of carbonyl (C=O) groups is 1. The number of aliphatic hydroxyl groups is 1. The second-order valence-electron chi connectivity index (χ2n) is 4.43. The van der Waals surface area contributed by atoms with Gasteiger partial charge in [-0.1, -0.05) is 13.0 Å². The molecule has 0 spiro atoms. The van der Waals surface area contributed by atoms with Gasteiger partial charge in [0.15, 0.2) is 9.84 Å². The first-order valence-corrected chi connectivity index (χ1v) is 7.70. The molecule has 5 nitrogen and oxygen atoms in total. The fourth-order valence-corrected chi connectivity index (χ4v) is 3.16. The van der Waals surface area contributed by atoms with Crippen molar-refractivity contribution in [3.63, 3.8) is 0 Å². The molecule has 0 saturated heterocycles. The summed E-state index contributed by atoms with van der Waals surface area (Å²) in [5, 5.41) is 18.2. The minimum atomic E-state index is -3.56. The van der Waals surface area contributed by atoms with Crippen molar-refractivity contribution in [2.45, 2.75) is 37.7 Å². The van der Waals surface area contributed by atoms with E-state index >= 15 is 0 Å². The molecule has 6 heteroatoms. The lowest BCUT2D eigenvalue weighted by Gasteiger charge is -2.09. The minimum Gasteiger partial charge on any atom is -0.478 e. The fraction of sp³-hybridized carbons (Fsp3) is 0.462. The highest BCUT2D eigenvalue weighted by Gasteiger charge is 2.19. The molecule has 0 aliphatic heterocycles. The van der Waals surface area contributed by atoms with Gasteiger partial charge in [0.05, 0.1) is 22.3 Å². The second-order valence-corrected chi connectivity index (χ2v) is 6.54. The summed E-state index contributed by atoms with van der Waals surface area (Å²) in [7, 11) is -3.56. The average molecular weight is 286 g/mol. The third kappa shape index (κ3) is 4.04. The number of carboxylic acids is 1. The van der Waals surface area contributed by atoms with Crippen LogP contribution < -0.4 is 0 Å². The van der Waals surface area contributed by atoms with Crippen LogP contribution in [0.3, 0.4) is 0 Å². The van der Waals surface area contributed by atoms with Gasteiger partial charge in [0.2, 0.25) is 0 Å². The Labute approximate surface area is 112 Å².